The summed E-state index contributed by atoms with van der Waals surface area (Å²) in [5.41, 5.74) is 0.956. The molecule has 18 heavy (non-hydrogen) atoms. The fourth-order valence-corrected chi connectivity index (χ4v) is 2.67. The summed E-state index contributed by atoms with van der Waals surface area (Å²) in [6, 6.07) is 10.4. The maximum Gasteiger partial charge on any atom is 0.303 e. The van der Waals surface area contributed by atoms with E-state index in [9.17, 15) is 4.79 Å². The van der Waals surface area contributed by atoms with E-state index in [0.29, 0.717) is 5.92 Å². The molecule has 98 valence electrons. The molecule has 1 aliphatic heterocycles. The summed E-state index contributed by atoms with van der Waals surface area (Å²) in [7, 11) is 0. The van der Waals surface area contributed by atoms with Gasteiger partial charge in [0.2, 0.25) is 0 Å². The largest absolute Gasteiger partial charge is 0.458 e. The Morgan fingerprint density at radius 3 is 2.72 bits per heavy atom. The number of hydrogen-bond acceptors (Lipinski definition) is 3. The van der Waals surface area contributed by atoms with Crippen molar-refractivity contribution >= 4 is 5.97 Å². The van der Waals surface area contributed by atoms with E-state index < -0.39 is 0 Å². The lowest BCUT2D eigenvalue weighted by Crippen LogP contribution is -2.38. The molecule has 0 amide bonds. The zero-order valence-corrected chi connectivity index (χ0v) is 11.3. The highest BCUT2D eigenvalue weighted by Crippen LogP contribution is 2.31. The minimum Gasteiger partial charge on any atom is -0.458 e. The molecule has 2 atom stereocenters. The molecule has 1 saturated heterocycles. The lowest BCUT2D eigenvalue weighted by molar-refractivity contribution is -0.157. The Morgan fingerprint density at radius 1 is 1.44 bits per heavy atom. The number of esters is 1. The first-order valence-corrected chi connectivity index (χ1v) is 6.45. The van der Waals surface area contributed by atoms with Crippen LogP contribution in [0.3, 0.4) is 0 Å². The summed E-state index contributed by atoms with van der Waals surface area (Å²) < 4.78 is 5.50. The van der Waals surface area contributed by atoms with E-state index >= 15 is 0 Å². The average molecular weight is 247 g/mol. The molecule has 0 N–H and O–H groups in total. The smallest absolute Gasteiger partial charge is 0.303 e. The Labute approximate surface area is 109 Å². The Hall–Kier alpha value is -1.35. The van der Waals surface area contributed by atoms with Crippen molar-refractivity contribution in [1.82, 2.24) is 4.90 Å². The molecule has 1 heterocycles. The van der Waals surface area contributed by atoms with Crippen molar-refractivity contribution in [2.24, 2.45) is 5.92 Å². The van der Waals surface area contributed by atoms with Crippen LogP contribution in [0.4, 0.5) is 0 Å². The van der Waals surface area contributed by atoms with E-state index in [1.165, 1.54) is 12.5 Å². The molecule has 2 rings (SSSR count). The molecule has 3 heteroatoms. The van der Waals surface area contributed by atoms with Crippen LogP contribution in [-0.4, -0.2) is 29.6 Å². The van der Waals surface area contributed by atoms with Gasteiger partial charge in [0.05, 0.1) is 0 Å². The zero-order chi connectivity index (χ0) is 13.2. The van der Waals surface area contributed by atoms with Gasteiger partial charge in [0, 0.05) is 32.5 Å². The molecule has 0 aromatic heterocycles. The molecule has 1 aromatic carbocycles. The van der Waals surface area contributed by atoms with Gasteiger partial charge in [-0.15, -0.1) is 0 Å². The van der Waals surface area contributed by atoms with Gasteiger partial charge in [-0.3, -0.25) is 9.69 Å². The molecule has 0 aliphatic carbocycles. The molecule has 1 aliphatic rings. The number of nitrogens with zero attached hydrogens (tertiary/aromatic N) is 1. The van der Waals surface area contributed by atoms with Crippen LogP contribution in [0.5, 0.6) is 0 Å². The van der Waals surface area contributed by atoms with E-state index in [-0.39, 0.29) is 11.6 Å². The first-order chi connectivity index (χ1) is 8.49. The zero-order valence-electron chi connectivity index (χ0n) is 11.3. The maximum absolute atomic E-state index is 11.2. The Balaban J connectivity index is 2.00. The highest BCUT2D eigenvalue weighted by molar-refractivity contribution is 5.66. The van der Waals surface area contributed by atoms with Crippen LogP contribution in [0.25, 0.3) is 0 Å². The predicted octanol–water partition coefficient (Wildman–Crippen LogP) is 2.46. The lowest BCUT2D eigenvalue weighted by atomic mass is 9.95. The van der Waals surface area contributed by atoms with Crippen LogP contribution in [0.1, 0.15) is 26.3 Å². The van der Waals surface area contributed by atoms with Gasteiger partial charge in [-0.25, -0.2) is 0 Å². The summed E-state index contributed by atoms with van der Waals surface area (Å²) in [6.07, 6.45) is 0. The van der Waals surface area contributed by atoms with E-state index in [1.807, 2.05) is 13.0 Å². The van der Waals surface area contributed by atoms with Crippen LogP contribution >= 0.6 is 0 Å². The third-order valence-electron chi connectivity index (χ3n) is 3.74. The molecule has 0 radical (unpaired) electrons. The van der Waals surface area contributed by atoms with Crippen LogP contribution < -0.4 is 0 Å². The summed E-state index contributed by atoms with van der Waals surface area (Å²) >= 11 is 0. The highest BCUT2D eigenvalue weighted by Gasteiger charge is 2.42. The summed E-state index contributed by atoms with van der Waals surface area (Å²) in [6.45, 7) is 8.36. The number of benzene rings is 1. The van der Waals surface area contributed by atoms with Crippen LogP contribution in [0, 0.1) is 5.92 Å². The van der Waals surface area contributed by atoms with Crippen molar-refractivity contribution in [2.75, 3.05) is 13.1 Å². The van der Waals surface area contributed by atoms with Crippen molar-refractivity contribution in [1.29, 1.82) is 0 Å². The normalized spacial score (nSPS) is 28.3. The monoisotopic (exact) mass is 247 g/mol. The predicted molar refractivity (Wildman–Crippen MR) is 71.1 cm³/mol. The Bertz CT molecular complexity index is 418. The van der Waals surface area contributed by atoms with Crippen molar-refractivity contribution in [3.05, 3.63) is 35.9 Å². The molecule has 0 unspecified atom stereocenters. The van der Waals surface area contributed by atoms with Crippen molar-refractivity contribution < 1.29 is 9.53 Å². The van der Waals surface area contributed by atoms with Gasteiger partial charge in [-0.2, -0.15) is 0 Å². The lowest BCUT2D eigenvalue weighted by Gasteiger charge is -2.28. The fraction of sp³-hybridized carbons (Fsp3) is 0.533. The van der Waals surface area contributed by atoms with Gasteiger partial charge in [0.1, 0.15) is 5.60 Å². The first kappa shape index (κ1) is 13.1. The molecule has 0 spiro atoms. The summed E-state index contributed by atoms with van der Waals surface area (Å²) in [4.78, 5) is 13.5. The number of rotatable bonds is 3. The van der Waals surface area contributed by atoms with E-state index in [2.05, 4.69) is 36.1 Å². The van der Waals surface area contributed by atoms with Crippen molar-refractivity contribution in [3.8, 4) is 0 Å². The first-order valence-electron chi connectivity index (χ1n) is 6.45. The van der Waals surface area contributed by atoms with Gasteiger partial charge in [-0.05, 0) is 12.5 Å². The third kappa shape index (κ3) is 2.91. The van der Waals surface area contributed by atoms with E-state index in [0.717, 1.165) is 19.6 Å². The topological polar surface area (TPSA) is 29.5 Å². The third-order valence-corrected chi connectivity index (χ3v) is 3.74. The minimum atomic E-state index is -0.347. The van der Waals surface area contributed by atoms with Crippen LogP contribution in [0.2, 0.25) is 0 Å². The second kappa shape index (κ2) is 5.11. The molecular formula is C15H21NO2. The second-order valence-electron chi connectivity index (χ2n) is 5.46. The molecule has 0 saturated carbocycles. The van der Waals surface area contributed by atoms with Gasteiger partial charge >= 0.3 is 5.97 Å². The Kier molecular flexibility index (Phi) is 3.71. The quantitative estimate of drug-likeness (QED) is 0.768. The second-order valence-corrected chi connectivity index (χ2v) is 5.46. The van der Waals surface area contributed by atoms with Crippen LogP contribution in [-0.2, 0) is 16.1 Å². The molecule has 1 aromatic rings. The van der Waals surface area contributed by atoms with E-state index in [1.54, 1.807) is 0 Å². The fourth-order valence-electron chi connectivity index (χ4n) is 2.67. The van der Waals surface area contributed by atoms with Gasteiger partial charge in [0.25, 0.3) is 0 Å². The SMILES string of the molecule is CC(=O)O[C@]1(C)CN(Cc2ccccc2)C[C@@H]1C. The minimum absolute atomic E-state index is 0.189. The number of carbonyl (C=O) groups excluding carboxylic acids is 1. The summed E-state index contributed by atoms with van der Waals surface area (Å²) in [5, 5.41) is 0. The van der Waals surface area contributed by atoms with Gasteiger partial charge in [0.15, 0.2) is 0 Å². The molecule has 1 fully saturated rings. The Morgan fingerprint density at radius 2 is 2.11 bits per heavy atom. The number of hydrogen-bond donors (Lipinski definition) is 0. The summed E-state index contributed by atoms with van der Waals surface area (Å²) in [5.74, 6) is 0.177. The standard InChI is InChI=1S/C15H21NO2/c1-12-9-16(10-14-7-5-4-6-8-14)11-15(12,3)18-13(2)17/h4-8,12H,9-11H2,1-3H3/t12-,15+/m0/s1. The van der Waals surface area contributed by atoms with Crippen LogP contribution in [0.15, 0.2) is 30.3 Å². The molecule has 0 bridgehead atoms. The van der Waals surface area contributed by atoms with Crippen molar-refractivity contribution in [2.45, 2.75) is 32.9 Å². The van der Waals surface area contributed by atoms with Crippen molar-refractivity contribution in [3.63, 3.8) is 0 Å². The molecular weight excluding hydrogens is 226 g/mol. The highest BCUT2D eigenvalue weighted by atomic mass is 16.6. The average Bonchev–Trinajstić information content (AvgIpc) is 2.54. The van der Waals surface area contributed by atoms with E-state index in [4.69, 9.17) is 4.74 Å². The van der Waals surface area contributed by atoms with Gasteiger partial charge < -0.3 is 4.74 Å². The van der Waals surface area contributed by atoms with Gasteiger partial charge in [-0.1, -0.05) is 37.3 Å². The number of carbonyl (C=O) groups is 1. The molecule has 3 nitrogen and oxygen atoms in total. The maximum atomic E-state index is 11.2. The number of likely N-dealkylation sites (tertiary alicyclic amines) is 1. The number of ether oxygens (including phenoxy) is 1.